The van der Waals surface area contributed by atoms with Crippen LogP contribution in [0.5, 0.6) is 0 Å². The molecule has 0 radical (unpaired) electrons. The largest absolute Gasteiger partial charge is 1.00 e. The number of anilines is 1. The average Bonchev–Trinajstić information content (AvgIpc) is 2.68. The molecule has 0 aromatic heterocycles. The van der Waals surface area contributed by atoms with Crippen molar-refractivity contribution in [2.75, 3.05) is 51.9 Å². The van der Waals surface area contributed by atoms with Crippen molar-refractivity contribution in [3.63, 3.8) is 0 Å². The molecule has 4 aliphatic heterocycles. The Bertz CT molecular complexity index is 934. The second-order valence-corrected chi connectivity index (χ2v) is 8.73. The third-order valence-corrected chi connectivity index (χ3v) is 5.95. The summed E-state index contributed by atoms with van der Waals surface area (Å²) >= 11 is 6.15. The summed E-state index contributed by atoms with van der Waals surface area (Å²) in [5.74, 6) is -0.240. The van der Waals surface area contributed by atoms with Gasteiger partial charge in [-0.05, 0) is 18.2 Å². The van der Waals surface area contributed by atoms with Crippen molar-refractivity contribution in [1.29, 1.82) is 0 Å². The van der Waals surface area contributed by atoms with Crippen LogP contribution in [0.3, 0.4) is 0 Å². The summed E-state index contributed by atoms with van der Waals surface area (Å²) in [5, 5.41) is 3.44. The van der Waals surface area contributed by atoms with E-state index < -0.39 is 0 Å². The second-order valence-electron chi connectivity index (χ2n) is 8.29. The highest BCUT2D eigenvalue weighted by Crippen LogP contribution is 2.29. The van der Waals surface area contributed by atoms with Crippen molar-refractivity contribution in [2.24, 2.45) is 0 Å². The molecule has 1 amide bonds. The Morgan fingerprint density at radius 1 is 0.933 bits per heavy atom. The lowest BCUT2D eigenvalue weighted by Gasteiger charge is -2.60. The number of nitrogens with one attached hydrogen (secondary N) is 1. The fourth-order valence-corrected chi connectivity index (χ4v) is 5.03. The molecule has 7 nitrogen and oxygen atoms in total. The zero-order valence-corrected chi connectivity index (χ0v) is 17.9. The van der Waals surface area contributed by atoms with Crippen molar-refractivity contribution in [2.45, 2.75) is 0 Å². The normalized spacial score (nSPS) is 28.6. The minimum absolute atomic E-state index is 0. The Kier molecular flexibility index (Phi) is 5.85. The molecule has 6 rings (SSSR count). The number of carbonyl (C=O) groups is 2. The van der Waals surface area contributed by atoms with Crippen molar-refractivity contribution in [3.05, 3.63) is 64.7 Å². The van der Waals surface area contributed by atoms with Crippen LogP contribution >= 0.6 is 11.6 Å². The third kappa shape index (κ3) is 4.09. The van der Waals surface area contributed by atoms with Crippen molar-refractivity contribution in [1.82, 2.24) is 14.7 Å². The first-order valence-electron chi connectivity index (χ1n) is 9.71. The zero-order valence-electron chi connectivity index (χ0n) is 16.4. The lowest BCUT2D eigenvalue weighted by atomic mass is 10.0. The van der Waals surface area contributed by atoms with Crippen LogP contribution in [-0.2, 0) is 4.79 Å². The Labute approximate surface area is 186 Å². The minimum atomic E-state index is -0.156. The highest BCUT2D eigenvalue weighted by molar-refractivity contribution is 6.31. The summed E-state index contributed by atoms with van der Waals surface area (Å²) in [6.45, 7) is 5.97. The van der Waals surface area contributed by atoms with Gasteiger partial charge in [-0.25, -0.2) is 14.7 Å². The standard InChI is InChI=1S/C21H22ClN5O2.ClH/c22-17-6-7-19(18(8-17)21(29)16-4-2-1-3-5-16)23-20(28)9-27-13-24-10-25(14-27)12-26(11-24)15-27;/h1-8H,9-15H2;1H. The van der Waals surface area contributed by atoms with Crippen LogP contribution in [0, 0.1) is 0 Å². The number of hydrogen-bond acceptors (Lipinski definition) is 5. The van der Waals surface area contributed by atoms with Crippen LogP contribution in [-0.4, -0.2) is 77.4 Å². The number of carbonyl (C=O) groups excluding carboxylic acids is 2. The molecule has 2 aromatic rings. The molecule has 0 saturated carbocycles. The lowest BCUT2D eigenvalue weighted by molar-refractivity contribution is -0.973. The van der Waals surface area contributed by atoms with Gasteiger partial charge in [0.1, 0.15) is 20.0 Å². The monoisotopic (exact) mass is 447 g/mol. The van der Waals surface area contributed by atoms with E-state index in [1.165, 1.54) is 0 Å². The molecule has 4 bridgehead atoms. The average molecular weight is 448 g/mol. The smallest absolute Gasteiger partial charge is 0.279 e. The fourth-order valence-electron chi connectivity index (χ4n) is 4.86. The zero-order chi connectivity index (χ0) is 20.0. The van der Waals surface area contributed by atoms with Crippen LogP contribution in [0.15, 0.2) is 48.5 Å². The number of halogens is 2. The Hall–Kier alpha value is -2.00. The molecule has 1 N–H and O–H groups in total. The molecular weight excluding hydrogens is 425 g/mol. The second kappa shape index (κ2) is 8.26. The van der Waals surface area contributed by atoms with E-state index in [1.807, 2.05) is 18.2 Å². The van der Waals surface area contributed by atoms with Crippen molar-refractivity contribution >= 4 is 29.0 Å². The van der Waals surface area contributed by atoms with Gasteiger partial charge in [-0.3, -0.25) is 14.1 Å². The predicted molar refractivity (Wildman–Crippen MR) is 110 cm³/mol. The molecule has 4 fully saturated rings. The molecule has 0 aliphatic carbocycles. The summed E-state index contributed by atoms with van der Waals surface area (Å²) in [6.07, 6.45) is 0. The number of benzene rings is 2. The molecular formula is C21H23Cl2N5O2. The maximum atomic E-state index is 13.0. The maximum Gasteiger partial charge on any atom is 0.279 e. The van der Waals surface area contributed by atoms with E-state index in [0.29, 0.717) is 32.9 Å². The summed E-state index contributed by atoms with van der Waals surface area (Å²) in [5.41, 5.74) is 1.48. The van der Waals surface area contributed by atoms with E-state index in [1.54, 1.807) is 30.3 Å². The molecule has 9 heteroatoms. The van der Waals surface area contributed by atoms with E-state index in [-0.39, 0.29) is 24.1 Å². The predicted octanol–water partition coefficient (Wildman–Crippen LogP) is -0.978. The van der Waals surface area contributed by atoms with E-state index >= 15 is 0 Å². The van der Waals surface area contributed by atoms with E-state index in [2.05, 4.69) is 20.0 Å². The first kappa shape index (κ1) is 21.2. The minimum Gasteiger partial charge on any atom is -1.00 e. The molecule has 0 spiro atoms. The van der Waals surface area contributed by atoms with Crippen molar-refractivity contribution in [3.8, 4) is 0 Å². The van der Waals surface area contributed by atoms with Gasteiger partial charge in [0.05, 0.1) is 25.7 Å². The fraction of sp³-hybridized carbons (Fsp3) is 0.333. The van der Waals surface area contributed by atoms with Gasteiger partial charge in [0.15, 0.2) is 12.3 Å². The van der Waals surface area contributed by atoms with E-state index in [0.717, 1.165) is 40.0 Å². The molecule has 4 aliphatic rings. The first-order valence-corrected chi connectivity index (χ1v) is 10.1. The van der Waals surface area contributed by atoms with E-state index in [9.17, 15) is 9.59 Å². The molecule has 4 saturated heterocycles. The SMILES string of the molecule is O=C(C[N+]12CN3CN(CN(C3)C1)C2)Nc1ccc(Cl)cc1C(=O)c1ccccc1.[Cl-]. The Morgan fingerprint density at radius 3 is 2.13 bits per heavy atom. The van der Waals surface area contributed by atoms with Gasteiger partial charge >= 0.3 is 0 Å². The van der Waals surface area contributed by atoms with Gasteiger partial charge in [0.25, 0.3) is 5.91 Å². The molecule has 0 atom stereocenters. The summed E-state index contributed by atoms with van der Waals surface area (Å²) < 4.78 is 0.710. The van der Waals surface area contributed by atoms with E-state index in [4.69, 9.17) is 11.6 Å². The number of nitrogens with zero attached hydrogens (tertiary/aromatic N) is 4. The Balaban J connectivity index is 0.00000218. The summed E-state index contributed by atoms with van der Waals surface area (Å²) in [6, 6.07) is 14.1. The Morgan fingerprint density at radius 2 is 1.53 bits per heavy atom. The van der Waals surface area contributed by atoms with Gasteiger partial charge in [0.2, 0.25) is 0 Å². The van der Waals surface area contributed by atoms with Crippen LogP contribution < -0.4 is 17.7 Å². The topological polar surface area (TPSA) is 55.9 Å². The van der Waals surface area contributed by atoms with Crippen molar-refractivity contribution < 1.29 is 26.5 Å². The van der Waals surface area contributed by atoms with Gasteiger partial charge in [-0.15, -0.1) is 0 Å². The van der Waals surface area contributed by atoms with Crippen LogP contribution in [0.4, 0.5) is 5.69 Å². The molecule has 2 aromatic carbocycles. The third-order valence-electron chi connectivity index (χ3n) is 5.72. The summed E-state index contributed by atoms with van der Waals surface area (Å²) in [7, 11) is 0. The number of ketones is 1. The number of quaternary nitrogens is 1. The van der Waals surface area contributed by atoms with Gasteiger partial charge < -0.3 is 17.7 Å². The quantitative estimate of drug-likeness (QED) is 0.471. The maximum absolute atomic E-state index is 13.0. The molecule has 0 unspecified atom stereocenters. The van der Waals surface area contributed by atoms with Gasteiger partial charge in [-0.2, -0.15) is 0 Å². The molecule has 30 heavy (non-hydrogen) atoms. The van der Waals surface area contributed by atoms with Crippen LogP contribution in [0.1, 0.15) is 15.9 Å². The number of amides is 1. The number of hydrogen-bond donors (Lipinski definition) is 1. The first-order chi connectivity index (χ1) is 14.0. The molecule has 158 valence electrons. The highest BCUT2D eigenvalue weighted by atomic mass is 35.5. The van der Waals surface area contributed by atoms with Gasteiger partial charge in [-0.1, -0.05) is 41.9 Å². The van der Waals surface area contributed by atoms with Crippen LogP contribution in [0.25, 0.3) is 0 Å². The summed E-state index contributed by atoms with van der Waals surface area (Å²) in [4.78, 5) is 33.1. The van der Waals surface area contributed by atoms with Crippen LogP contribution in [0.2, 0.25) is 5.02 Å². The molecule has 4 heterocycles. The van der Waals surface area contributed by atoms with Gasteiger partial charge in [0, 0.05) is 16.1 Å². The number of rotatable bonds is 5. The lowest BCUT2D eigenvalue weighted by Crippen LogP contribution is -3.00. The highest BCUT2D eigenvalue weighted by Gasteiger charge is 2.49.